The first-order valence-electron chi connectivity index (χ1n) is 13.5. The Morgan fingerprint density at radius 1 is 0.974 bits per heavy atom. The van der Waals surface area contributed by atoms with E-state index in [2.05, 4.69) is 51.5 Å². The summed E-state index contributed by atoms with van der Waals surface area (Å²) < 4.78 is 1.72. The third-order valence-electron chi connectivity index (χ3n) is 7.60. The minimum absolute atomic E-state index is 0.0569. The third kappa shape index (κ3) is 5.22. The summed E-state index contributed by atoms with van der Waals surface area (Å²) in [7, 11) is 2.19. The molecule has 1 aliphatic heterocycles. The first kappa shape index (κ1) is 25.4. The van der Waals surface area contributed by atoms with Crippen LogP contribution in [0.4, 0.5) is 11.6 Å². The van der Waals surface area contributed by atoms with Crippen molar-refractivity contribution in [1.82, 2.24) is 24.4 Å². The summed E-state index contributed by atoms with van der Waals surface area (Å²) in [5.74, 6) is 1.10. The van der Waals surface area contributed by atoms with Crippen molar-refractivity contribution in [1.29, 1.82) is 0 Å². The molecule has 2 aromatic carbocycles. The van der Waals surface area contributed by atoms with Crippen LogP contribution in [0.2, 0.25) is 0 Å². The molecule has 1 N–H and O–H groups in total. The van der Waals surface area contributed by atoms with Gasteiger partial charge in [-0.3, -0.25) is 9.36 Å². The Morgan fingerprint density at radius 2 is 1.69 bits per heavy atom. The fourth-order valence-electron chi connectivity index (χ4n) is 5.34. The van der Waals surface area contributed by atoms with Gasteiger partial charge in [0.2, 0.25) is 5.95 Å². The molecule has 7 nitrogen and oxygen atoms in total. The first-order chi connectivity index (χ1) is 19.0. The second-order valence-electron chi connectivity index (χ2n) is 10.2. The van der Waals surface area contributed by atoms with Crippen molar-refractivity contribution in [3.8, 4) is 21.6 Å². The zero-order chi connectivity index (χ0) is 26.9. The number of pyridine rings is 1. The van der Waals surface area contributed by atoms with E-state index in [0.29, 0.717) is 29.6 Å². The van der Waals surface area contributed by atoms with E-state index in [1.165, 1.54) is 18.4 Å². The first-order valence-corrected chi connectivity index (χ1v) is 14.3. The topological polar surface area (TPSA) is 75.9 Å². The summed E-state index contributed by atoms with van der Waals surface area (Å²) in [5, 5.41) is 5.19. The number of rotatable bonds is 6. The van der Waals surface area contributed by atoms with Crippen LogP contribution in [0.25, 0.3) is 32.6 Å². The van der Waals surface area contributed by atoms with Gasteiger partial charge in [0.05, 0.1) is 9.88 Å². The number of nitrogens with zero attached hydrogens (tertiary/aromatic N) is 5. The SMILES string of the molecule is CCn1c(=O)c(-c2ccc(-c3cnc(C)s3)cc2)cc2cnc(Nc3ccc(C4CCN(C)CC4)cc3)nc21. The average molecular weight is 537 g/mol. The Hall–Kier alpha value is -3.88. The third-order valence-corrected chi connectivity index (χ3v) is 8.56. The van der Waals surface area contributed by atoms with Crippen molar-refractivity contribution in [3.05, 3.63) is 87.9 Å². The Morgan fingerprint density at radius 3 is 2.36 bits per heavy atom. The number of thiazole rings is 1. The van der Waals surface area contributed by atoms with Crippen molar-refractivity contribution >= 4 is 34.0 Å². The summed E-state index contributed by atoms with van der Waals surface area (Å²) in [5.41, 5.74) is 5.51. The summed E-state index contributed by atoms with van der Waals surface area (Å²) in [4.78, 5) is 30.7. The van der Waals surface area contributed by atoms with Gasteiger partial charge in [-0.05, 0) is 87.6 Å². The number of anilines is 2. The fourth-order valence-corrected chi connectivity index (χ4v) is 6.12. The molecule has 3 aromatic heterocycles. The van der Waals surface area contributed by atoms with Gasteiger partial charge in [0.15, 0.2) is 0 Å². The van der Waals surface area contributed by atoms with Crippen LogP contribution in [0, 0.1) is 6.92 Å². The van der Waals surface area contributed by atoms with Crippen molar-refractivity contribution in [2.75, 3.05) is 25.5 Å². The molecule has 8 heteroatoms. The number of aromatic nitrogens is 4. The van der Waals surface area contributed by atoms with Gasteiger partial charge in [-0.2, -0.15) is 4.98 Å². The number of fused-ring (bicyclic) bond motifs is 1. The molecule has 1 aliphatic rings. The van der Waals surface area contributed by atoms with Gasteiger partial charge in [-0.25, -0.2) is 9.97 Å². The van der Waals surface area contributed by atoms with E-state index in [-0.39, 0.29) is 5.56 Å². The molecule has 1 saturated heterocycles. The number of hydrogen-bond acceptors (Lipinski definition) is 7. The molecule has 0 atom stereocenters. The van der Waals surface area contributed by atoms with Gasteiger partial charge < -0.3 is 10.2 Å². The Balaban J connectivity index is 1.26. The van der Waals surface area contributed by atoms with Gasteiger partial charge in [0.25, 0.3) is 5.56 Å². The molecule has 0 radical (unpaired) electrons. The highest BCUT2D eigenvalue weighted by Gasteiger charge is 2.18. The van der Waals surface area contributed by atoms with Crippen LogP contribution in [0.3, 0.4) is 0 Å². The van der Waals surface area contributed by atoms with E-state index >= 15 is 0 Å². The lowest BCUT2D eigenvalue weighted by Gasteiger charge is -2.29. The van der Waals surface area contributed by atoms with E-state index in [0.717, 1.165) is 45.2 Å². The predicted octanol–water partition coefficient (Wildman–Crippen LogP) is 6.46. The molecule has 0 aliphatic carbocycles. The zero-order valence-electron chi connectivity index (χ0n) is 22.5. The minimum Gasteiger partial charge on any atom is -0.324 e. The molecule has 0 spiro atoms. The van der Waals surface area contributed by atoms with Crippen LogP contribution < -0.4 is 10.9 Å². The number of aryl methyl sites for hydroxylation is 2. The lowest BCUT2D eigenvalue weighted by molar-refractivity contribution is 0.255. The molecule has 0 saturated carbocycles. The van der Waals surface area contributed by atoms with E-state index in [1.807, 2.05) is 50.4 Å². The van der Waals surface area contributed by atoms with Crippen LogP contribution >= 0.6 is 11.3 Å². The van der Waals surface area contributed by atoms with Crippen molar-refractivity contribution < 1.29 is 0 Å². The lowest BCUT2D eigenvalue weighted by Crippen LogP contribution is -2.29. The number of likely N-dealkylation sites (tertiary alicyclic amines) is 1. The van der Waals surface area contributed by atoms with Crippen molar-refractivity contribution in [2.45, 2.75) is 39.2 Å². The van der Waals surface area contributed by atoms with Gasteiger partial charge in [0, 0.05) is 35.6 Å². The van der Waals surface area contributed by atoms with E-state index < -0.39 is 0 Å². The van der Waals surface area contributed by atoms with Crippen molar-refractivity contribution in [2.24, 2.45) is 0 Å². The summed E-state index contributed by atoms with van der Waals surface area (Å²) in [6.45, 7) is 6.78. The molecule has 5 aromatic rings. The maximum absolute atomic E-state index is 13.5. The number of benzene rings is 2. The number of nitrogens with one attached hydrogen (secondary N) is 1. The molecular weight excluding hydrogens is 504 g/mol. The predicted molar refractivity (Wildman–Crippen MR) is 160 cm³/mol. The maximum Gasteiger partial charge on any atom is 0.260 e. The summed E-state index contributed by atoms with van der Waals surface area (Å²) >= 11 is 1.66. The molecule has 198 valence electrons. The molecule has 39 heavy (non-hydrogen) atoms. The standard InChI is InChI=1S/C31H32N6OS/c1-4-37-29-25(17-27(30(37)38)23-5-7-24(8-6-23)28-19-32-20(2)39-28)18-33-31(35-29)34-26-11-9-21(10-12-26)22-13-15-36(3)16-14-22/h5-12,17-19,22H,4,13-16H2,1-3H3,(H,33,34,35). The second-order valence-corrected chi connectivity index (χ2v) is 11.5. The van der Waals surface area contributed by atoms with E-state index in [9.17, 15) is 4.79 Å². The van der Waals surface area contributed by atoms with Crippen LogP contribution in [-0.4, -0.2) is 44.6 Å². The monoisotopic (exact) mass is 536 g/mol. The zero-order valence-corrected chi connectivity index (χ0v) is 23.3. The van der Waals surface area contributed by atoms with Gasteiger partial charge in [-0.15, -0.1) is 11.3 Å². The Labute approximate surface area is 232 Å². The van der Waals surface area contributed by atoms with E-state index in [4.69, 9.17) is 4.98 Å². The van der Waals surface area contributed by atoms with Crippen molar-refractivity contribution in [3.63, 3.8) is 0 Å². The Bertz CT molecular complexity index is 1660. The van der Waals surface area contributed by atoms with Gasteiger partial charge in [0.1, 0.15) is 5.65 Å². The van der Waals surface area contributed by atoms with E-state index in [1.54, 1.807) is 22.1 Å². The fraction of sp³-hybridized carbons (Fsp3) is 0.290. The normalized spacial score (nSPS) is 14.6. The largest absolute Gasteiger partial charge is 0.324 e. The highest BCUT2D eigenvalue weighted by molar-refractivity contribution is 7.15. The molecule has 0 unspecified atom stereocenters. The van der Waals surface area contributed by atoms with Crippen LogP contribution in [-0.2, 0) is 6.54 Å². The molecule has 1 fully saturated rings. The Kier molecular flexibility index (Phi) is 6.97. The van der Waals surface area contributed by atoms with Crippen LogP contribution in [0.5, 0.6) is 0 Å². The molecule has 0 bridgehead atoms. The molecule has 6 rings (SSSR count). The highest BCUT2D eigenvalue weighted by atomic mass is 32.1. The van der Waals surface area contributed by atoms with Gasteiger partial charge in [-0.1, -0.05) is 36.4 Å². The number of piperidine rings is 1. The number of hydrogen-bond donors (Lipinski definition) is 1. The molecule has 4 heterocycles. The molecular formula is C31H32N6OS. The van der Waals surface area contributed by atoms with Crippen LogP contribution in [0.1, 0.15) is 36.3 Å². The lowest BCUT2D eigenvalue weighted by atomic mass is 9.89. The maximum atomic E-state index is 13.5. The highest BCUT2D eigenvalue weighted by Crippen LogP contribution is 2.30. The summed E-state index contributed by atoms with van der Waals surface area (Å²) in [6, 6.07) is 18.6. The quantitative estimate of drug-likeness (QED) is 0.268. The smallest absolute Gasteiger partial charge is 0.260 e. The van der Waals surface area contributed by atoms with Gasteiger partial charge >= 0.3 is 0 Å². The second kappa shape index (κ2) is 10.7. The van der Waals surface area contributed by atoms with Crippen LogP contribution in [0.15, 0.2) is 71.8 Å². The summed E-state index contributed by atoms with van der Waals surface area (Å²) in [6.07, 6.45) is 6.08. The molecule has 0 amide bonds. The average Bonchev–Trinajstić information content (AvgIpc) is 3.40. The minimum atomic E-state index is -0.0569.